The molecular weight excluding hydrogens is 344 g/mol. The van der Waals surface area contributed by atoms with E-state index in [2.05, 4.69) is 5.32 Å². The van der Waals surface area contributed by atoms with E-state index in [1.807, 2.05) is 6.07 Å². The second kappa shape index (κ2) is 5.94. The molecule has 2 aliphatic rings. The molecular formula is C17H20N2O5S. The number of carbonyl (C=O) groups is 3. The summed E-state index contributed by atoms with van der Waals surface area (Å²) >= 11 is 1.39. The predicted octanol–water partition coefficient (Wildman–Crippen LogP) is 1.09. The number of aliphatic carboxylic acids is 1. The summed E-state index contributed by atoms with van der Waals surface area (Å²) < 4.78 is 4.76. The molecule has 0 unspecified atom stereocenters. The van der Waals surface area contributed by atoms with Crippen LogP contribution >= 0.6 is 11.8 Å². The predicted molar refractivity (Wildman–Crippen MR) is 92.2 cm³/mol. The van der Waals surface area contributed by atoms with Crippen molar-refractivity contribution < 1.29 is 24.2 Å². The van der Waals surface area contributed by atoms with E-state index in [1.54, 1.807) is 45.0 Å². The van der Waals surface area contributed by atoms with Crippen molar-refractivity contribution in [3.63, 3.8) is 0 Å². The molecule has 2 heterocycles. The van der Waals surface area contributed by atoms with Gasteiger partial charge in [0, 0.05) is 4.75 Å². The molecule has 3 rings (SSSR count). The van der Waals surface area contributed by atoms with Gasteiger partial charge in [-0.2, -0.15) is 0 Å². The maximum atomic E-state index is 12.6. The van der Waals surface area contributed by atoms with Crippen molar-refractivity contribution in [2.24, 2.45) is 0 Å². The average molecular weight is 364 g/mol. The van der Waals surface area contributed by atoms with Crippen molar-refractivity contribution in [2.75, 3.05) is 6.61 Å². The number of nitrogens with one attached hydrogen (secondary N) is 1. The Hall–Kier alpha value is -2.22. The van der Waals surface area contributed by atoms with Crippen LogP contribution in [0.4, 0.5) is 0 Å². The Balaban J connectivity index is 1.66. The SMILES string of the molecule is CC1(C)S[C@H]2N(C(=O)[C@@]2(C)NC(=O)COc2ccccc2)[C@H]1C(=O)O. The van der Waals surface area contributed by atoms with Crippen LogP contribution < -0.4 is 10.1 Å². The van der Waals surface area contributed by atoms with E-state index in [0.717, 1.165) is 0 Å². The average Bonchev–Trinajstić information content (AvgIpc) is 2.83. The van der Waals surface area contributed by atoms with E-state index in [-0.39, 0.29) is 12.5 Å². The minimum Gasteiger partial charge on any atom is -0.484 e. The molecule has 1 aromatic carbocycles. The number of benzene rings is 1. The number of hydrogen-bond donors (Lipinski definition) is 2. The standard InChI is InChI=1S/C17H20N2O5S/c1-16(2)12(13(21)22)19-14(23)17(3,15(19)25-16)18-11(20)9-24-10-7-5-4-6-8-10/h4-8,12,15H,9H2,1-3H3,(H,18,20)(H,21,22)/t12-,15+,17+/m0/s1. The fourth-order valence-corrected chi connectivity index (χ4v) is 4.97. The van der Waals surface area contributed by atoms with Gasteiger partial charge in [0.1, 0.15) is 22.7 Å². The lowest BCUT2D eigenvalue weighted by molar-refractivity contribution is -0.168. The van der Waals surface area contributed by atoms with Gasteiger partial charge in [-0.1, -0.05) is 18.2 Å². The number of β-lactam (4-membered cyclic amide) rings is 1. The van der Waals surface area contributed by atoms with Crippen molar-refractivity contribution in [1.29, 1.82) is 0 Å². The molecule has 0 saturated carbocycles. The number of amides is 2. The van der Waals surface area contributed by atoms with Crippen LogP contribution in [0, 0.1) is 0 Å². The highest BCUT2D eigenvalue weighted by Crippen LogP contribution is 2.54. The lowest BCUT2D eigenvalue weighted by Gasteiger charge is -2.51. The first-order chi connectivity index (χ1) is 11.7. The van der Waals surface area contributed by atoms with Crippen molar-refractivity contribution in [2.45, 2.75) is 42.5 Å². The number of carbonyl (C=O) groups excluding carboxylic acids is 2. The highest BCUT2D eigenvalue weighted by molar-refractivity contribution is 8.01. The Kier molecular flexibility index (Phi) is 4.18. The summed E-state index contributed by atoms with van der Waals surface area (Å²) in [6.07, 6.45) is 0. The smallest absolute Gasteiger partial charge is 0.327 e. The number of hydrogen-bond acceptors (Lipinski definition) is 5. The van der Waals surface area contributed by atoms with Crippen LogP contribution in [0.25, 0.3) is 0 Å². The fraction of sp³-hybridized carbons (Fsp3) is 0.471. The van der Waals surface area contributed by atoms with Crippen LogP contribution in [0.2, 0.25) is 0 Å². The van der Waals surface area contributed by atoms with Gasteiger partial charge in [0.2, 0.25) is 0 Å². The topological polar surface area (TPSA) is 95.9 Å². The number of rotatable bonds is 5. The van der Waals surface area contributed by atoms with Crippen LogP contribution in [-0.4, -0.2) is 56.1 Å². The zero-order chi connectivity index (χ0) is 18.4. The van der Waals surface area contributed by atoms with Gasteiger partial charge in [0.25, 0.3) is 11.8 Å². The molecule has 2 fully saturated rings. The molecule has 3 atom stereocenters. The normalized spacial score (nSPS) is 29.6. The van der Waals surface area contributed by atoms with Gasteiger partial charge >= 0.3 is 5.97 Å². The molecule has 2 amide bonds. The first-order valence-electron chi connectivity index (χ1n) is 7.89. The summed E-state index contributed by atoms with van der Waals surface area (Å²) in [5.41, 5.74) is -1.12. The van der Waals surface area contributed by atoms with Crippen molar-refractivity contribution in [1.82, 2.24) is 10.2 Å². The number of fused-ring (bicyclic) bond motifs is 1. The number of carboxylic acids is 1. The molecule has 25 heavy (non-hydrogen) atoms. The Bertz CT molecular complexity index is 723. The van der Waals surface area contributed by atoms with E-state index < -0.39 is 33.6 Å². The van der Waals surface area contributed by atoms with E-state index in [1.165, 1.54) is 16.7 Å². The molecule has 0 aliphatic carbocycles. The summed E-state index contributed by atoms with van der Waals surface area (Å²) in [7, 11) is 0. The lowest BCUT2D eigenvalue weighted by atomic mass is 9.86. The number of para-hydroxylation sites is 1. The molecule has 2 aliphatic heterocycles. The van der Waals surface area contributed by atoms with Crippen molar-refractivity contribution in [3.8, 4) is 5.75 Å². The first-order valence-corrected chi connectivity index (χ1v) is 8.77. The summed E-state index contributed by atoms with van der Waals surface area (Å²) in [6.45, 7) is 5.01. The second-order valence-corrected chi connectivity index (χ2v) is 8.61. The van der Waals surface area contributed by atoms with E-state index >= 15 is 0 Å². The summed E-state index contributed by atoms with van der Waals surface area (Å²) in [4.78, 5) is 37.7. The quantitative estimate of drug-likeness (QED) is 0.760. The molecule has 0 bridgehead atoms. The molecule has 7 nitrogen and oxygen atoms in total. The third-order valence-corrected chi connectivity index (χ3v) is 6.28. The number of carboxylic acid groups (broad SMARTS) is 1. The fourth-order valence-electron chi connectivity index (χ4n) is 3.33. The van der Waals surface area contributed by atoms with Gasteiger partial charge < -0.3 is 20.1 Å². The Morgan fingerprint density at radius 3 is 2.52 bits per heavy atom. The number of ether oxygens (including phenoxy) is 1. The van der Waals surface area contributed by atoms with E-state index in [4.69, 9.17) is 4.74 Å². The zero-order valence-electron chi connectivity index (χ0n) is 14.2. The number of thioether (sulfide) groups is 1. The van der Waals surface area contributed by atoms with Gasteiger partial charge in [-0.3, -0.25) is 9.59 Å². The Labute approximate surface area is 149 Å². The number of nitrogens with zero attached hydrogens (tertiary/aromatic N) is 1. The third-order valence-electron chi connectivity index (χ3n) is 4.52. The molecule has 0 spiro atoms. The summed E-state index contributed by atoms with van der Waals surface area (Å²) in [6, 6.07) is 8.00. The minimum atomic E-state index is -1.12. The first kappa shape index (κ1) is 17.6. The lowest BCUT2D eigenvalue weighted by Crippen LogP contribution is -2.78. The molecule has 0 radical (unpaired) electrons. The van der Waals surface area contributed by atoms with Gasteiger partial charge in [0.15, 0.2) is 6.61 Å². The monoisotopic (exact) mass is 364 g/mol. The largest absolute Gasteiger partial charge is 0.484 e. The van der Waals surface area contributed by atoms with Gasteiger partial charge in [0.05, 0.1) is 0 Å². The molecule has 2 N–H and O–H groups in total. The van der Waals surface area contributed by atoms with Crippen LogP contribution in [0.15, 0.2) is 30.3 Å². The molecule has 0 aromatic heterocycles. The van der Waals surface area contributed by atoms with Gasteiger partial charge in [-0.05, 0) is 32.9 Å². The van der Waals surface area contributed by atoms with Gasteiger partial charge in [-0.15, -0.1) is 11.8 Å². The molecule has 8 heteroatoms. The Morgan fingerprint density at radius 1 is 1.28 bits per heavy atom. The molecule has 134 valence electrons. The van der Waals surface area contributed by atoms with Crippen molar-refractivity contribution >= 4 is 29.5 Å². The van der Waals surface area contributed by atoms with E-state index in [0.29, 0.717) is 5.75 Å². The maximum absolute atomic E-state index is 12.6. The minimum absolute atomic E-state index is 0.212. The van der Waals surface area contributed by atoms with Crippen LogP contribution in [-0.2, 0) is 14.4 Å². The van der Waals surface area contributed by atoms with Crippen LogP contribution in [0.1, 0.15) is 20.8 Å². The van der Waals surface area contributed by atoms with Crippen LogP contribution in [0.5, 0.6) is 5.75 Å². The third kappa shape index (κ3) is 2.84. The zero-order valence-corrected chi connectivity index (χ0v) is 15.0. The highest BCUT2D eigenvalue weighted by atomic mass is 32.2. The van der Waals surface area contributed by atoms with Gasteiger partial charge in [-0.25, -0.2) is 4.79 Å². The Morgan fingerprint density at radius 2 is 1.92 bits per heavy atom. The molecule has 2 saturated heterocycles. The molecule has 1 aromatic rings. The van der Waals surface area contributed by atoms with Crippen molar-refractivity contribution in [3.05, 3.63) is 30.3 Å². The summed E-state index contributed by atoms with van der Waals surface area (Å²) in [5.74, 6) is -1.27. The maximum Gasteiger partial charge on any atom is 0.327 e. The second-order valence-electron chi connectivity index (χ2n) is 6.88. The highest BCUT2D eigenvalue weighted by Gasteiger charge is 2.70. The summed E-state index contributed by atoms with van der Waals surface area (Å²) in [5, 5.41) is 11.7. The van der Waals surface area contributed by atoms with E-state index in [9.17, 15) is 19.5 Å². The van der Waals surface area contributed by atoms with Crippen LogP contribution in [0.3, 0.4) is 0 Å².